The van der Waals surface area contributed by atoms with Crippen molar-refractivity contribution < 1.29 is 9.21 Å². The maximum absolute atomic E-state index is 12.2. The second-order valence-corrected chi connectivity index (χ2v) is 5.74. The largest absolute Gasteiger partial charge is 0.449 e. The van der Waals surface area contributed by atoms with E-state index in [0.29, 0.717) is 5.92 Å². The van der Waals surface area contributed by atoms with E-state index in [4.69, 9.17) is 4.42 Å². The highest BCUT2D eigenvalue weighted by Gasteiger charge is 2.28. The molecule has 0 saturated carbocycles. The summed E-state index contributed by atoms with van der Waals surface area (Å²) in [4.78, 5) is 18.3. The van der Waals surface area contributed by atoms with E-state index < -0.39 is 0 Å². The first-order valence-electron chi connectivity index (χ1n) is 6.39. The van der Waals surface area contributed by atoms with Crippen LogP contribution in [0.3, 0.4) is 0 Å². The van der Waals surface area contributed by atoms with Crippen LogP contribution in [0.5, 0.6) is 0 Å². The SMILES string of the molecule is CSCC(C)C(=O)N1CCC(c2ncco2)CC1. The van der Waals surface area contributed by atoms with Gasteiger partial charge in [-0.05, 0) is 19.1 Å². The molecule has 1 aromatic rings. The van der Waals surface area contributed by atoms with Crippen molar-refractivity contribution in [2.24, 2.45) is 5.92 Å². The Bertz CT molecular complexity index is 372. The molecule has 1 unspecified atom stereocenters. The average Bonchev–Trinajstić information content (AvgIpc) is 2.92. The molecule has 1 aromatic heterocycles. The Balaban J connectivity index is 1.85. The van der Waals surface area contributed by atoms with E-state index in [9.17, 15) is 4.79 Å². The number of hydrogen-bond acceptors (Lipinski definition) is 4. The molecule has 0 bridgehead atoms. The predicted molar refractivity (Wildman–Crippen MR) is 72.6 cm³/mol. The molecule has 2 rings (SSSR count). The number of aromatic nitrogens is 1. The van der Waals surface area contributed by atoms with Crippen LogP contribution in [0.25, 0.3) is 0 Å². The number of carbonyl (C=O) groups is 1. The molecular weight excluding hydrogens is 248 g/mol. The quantitative estimate of drug-likeness (QED) is 0.841. The summed E-state index contributed by atoms with van der Waals surface area (Å²) in [5.74, 6) is 2.51. The maximum atomic E-state index is 12.2. The molecule has 0 radical (unpaired) electrons. The van der Waals surface area contributed by atoms with Crippen LogP contribution in [0, 0.1) is 5.92 Å². The molecule has 100 valence electrons. The fourth-order valence-electron chi connectivity index (χ4n) is 2.42. The minimum atomic E-state index is 0.123. The fraction of sp³-hybridized carbons (Fsp3) is 0.692. The van der Waals surface area contributed by atoms with E-state index in [1.165, 1.54) is 0 Å². The summed E-state index contributed by atoms with van der Waals surface area (Å²) in [5, 5.41) is 0. The summed E-state index contributed by atoms with van der Waals surface area (Å²) in [7, 11) is 0. The number of likely N-dealkylation sites (tertiary alicyclic amines) is 1. The van der Waals surface area contributed by atoms with Gasteiger partial charge in [0, 0.05) is 30.7 Å². The van der Waals surface area contributed by atoms with Crippen LogP contribution in [0.15, 0.2) is 16.9 Å². The number of nitrogens with zero attached hydrogens (tertiary/aromatic N) is 2. The zero-order chi connectivity index (χ0) is 13.0. The lowest BCUT2D eigenvalue weighted by Gasteiger charge is -2.32. The van der Waals surface area contributed by atoms with E-state index in [0.717, 1.165) is 37.6 Å². The lowest BCUT2D eigenvalue weighted by atomic mass is 9.96. The van der Waals surface area contributed by atoms with Crippen LogP contribution >= 0.6 is 11.8 Å². The van der Waals surface area contributed by atoms with E-state index >= 15 is 0 Å². The highest BCUT2D eigenvalue weighted by atomic mass is 32.2. The van der Waals surface area contributed by atoms with Crippen molar-refractivity contribution in [3.05, 3.63) is 18.4 Å². The molecule has 2 heterocycles. The Hall–Kier alpha value is -0.970. The summed E-state index contributed by atoms with van der Waals surface area (Å²) >= 11 is 1.73. The highest BCUT2D eigenvalue weighted by molar-refractivity contribution is 7.98. The molecule has 1 fully saturated rings. The van der Waals surface area contributed by atoms with Gasteiger partial charge >= 0.3 is 0 Å². The average molecular weight is 268 g/mol. The minimum absolute atomic E-state index is 0.123. The topological polar surface area (TPSA) is 46.3 Å². The van der Waals surface area contributed by atoms with Crippen molar-refractivity contribution in [3.8, 4) is 0 Å². The fourth-order valence-corrected chi connectivity index (χ4v) is 3.06. The third-order valence-corrected chi connectivity index (χ3v) is 4.28. The van der Waals surface area contributed by atoms with Crippen molar-refractivity contribution in [1.29, 1.82) is 0 Å². The number of amides is 1. The van der Waals surface area contributed by atoms with Crippen LogP contribution < -0.4 is 0 Å². The summed E-state index contributed by atoms with van der Waals surface area (Å²) < 4.78 is 5.34. The van der Waals surface area contributed by atoms with Gasteiger partial charge in [0.2, 0.25) is 5.91 Å². The predicted octanol–water partition coefficient (Wildman–Crippen LogP) is 2.38. The van der Waals surface area contributed by atoms with Gasteiger partial charge in [-0.3, -0.25) is 4.79 Å². The van der Waals surface area contributed by atoms with Gasteiger partial charge in [0.15, 0.2) is 5.89 Å². The number of rotatable bonds is 4. The van der Waals surface area contributed by atoms with Crippen molar-refractivity contribution in [1.82, 2.24) is 9.88 Å². The summed E-state index contributed by atoms with van der Waals surface area (Å²) in [6.07, 6.45) is 7.26. The standard InChI is InChI=1S/C13H20N2O2S/c1-10(9-18-2)13(16)15-6-3-11(4-7-15)12-14-5-8-17-12/h5,8,10-11H,3-4,6-7,9H2,1-2H3. The number of hydrogen-bond donors (Lipinski definition) is 0. The Morgan fingerprint density at radius 1 is 1.61 bits per heavy atom. The van der Waals surface area contributed by atoms with Crippen LogP contribution in [0.1, 0.15) is 31.6 Å². The third kappa shape index (κ3) is 3.07. The molecule has 1 atom stereocenters. The lowest BCUT2D eigenvalue weighted by Crippen LogP contribution is -2.41. The lowest BCUT2D eigenvalue weighted by molar-refractivity contribution is -0.135. The number of thioether (sulfide) groups is 1. The van der Waals surface area contributed by atoms with Crippen molar-refractivity contribution in [2.75, 3.05) is 25.1 Å². The molecule has 1 aliphatic heterocycles. The summed E-state index contributed by atoms with van der Waals surface area (Å²) in [6, 6.07) is 0. The molecule has 1 aliphatic rings. The van der Waals surface area contributed by atoms with E-state index in [1.54, 1.807) is 24.2 Å². The Kier molecular flexibility index (Phi) is 4.69. The van der Waals surface area contributed by atoms with Gasteiger partial charge in [-0.2, -0.15) is 11.8 Å². The molecule has 4 nitrogen and oxygen atoms in total. The highest BCUT2D eigenvalue weighted by Crippen LogP contribution is 2.27. The van der Waals surface area contributed by atoms with Gasteiger partial charge in [0.05, 0.1) is 6.20 Å². The zero-order valence-corrected chi connectivity index (χ0v) is 11.8. The monoisotopic (exact) mass is 268 g/mol. The first-order chi connectivity index (χ1) is 8.72. The zero-order valence-electron chi connectivity index (χ0n) is 11.0. The van der Waals surface area contributed by atoms with Gasteiger partial charge in [0.25, 0.3) is 0 Å². The molecule has 0 aromatic carbocycles. The summed E-state index contributed by atoms with van der Waals surface area (Å²) in [5.41, 5.74) is 0. The van der Waals surface area contributed by atoms with Crippen LogP contribution in [-0.4, -0.2) is 40.9 Å². The van der Waals surface area contributed by atoms with Crippen molar-refractivity contribution in [3.63, 3.8) is 0 Å². The van der Waals surface area contributed by atoms with Gasteiger partial charge in [-0.1, -0.05) is 6.92 Å². The Morgan fingerprint density at radius 3 is 2.89 bits per heavy atom. The Labute approximate surface area is 112 Å². The number of piperidine rings is 1. The maximum Gasteiger partial charge on any atom is 0.226 e. The van der Waals surface area contributed by atoms with Gasteiger partial charge in [-0.15, -0.1) is 0 Å². The normalized spacial score (nSPS) is 18.9. The Morgan fingerprint density at radius 2 is 2.33 bits per heavy atom. The van der Waals surface area contributed by atoms with Crippen molar-refractivity contribution >= 4 is 17.7 Å². The van der Waals surface area contributed by atoms with Crippen LogP contribution in [0.2, 0.25) is 0 Å². The first-order valence-corrected chi connectivity index (χ1v) is 7.79. The third-order valence-electron chi connectivity index (χ3n) is 3.45. The number of carbonyl (C=O) groups excluding carboxylic acids is 1. The molecule has 0 aliphatic carbocycles. The molecule has 1 amide bonds. The van der Waals surface area contributed by atoms with E-state index in [1.807, 2.05) is 18.1 Å². The van der Waals surface area contributed by atoms with E-state index in [2.05, 4.69) is 4.98 Å². The van der Waals surface area contributed by atoms with Crippen LogP contribution in [0.4, 0.5) is 0 Å². The first kappa shape index (κ1) is 13.5. The molecule has 0 N–H and O–H groups in total. The molecule has 1 saturated heterocycles. The number of oxazole rings is 1. The summed E-state index contributed by atoms with van der Waals surface area (Å²) in [6.45, 7) is 3.66. The van der Waals surface area contributed by atoms with Gasteiger partial charge < -0.3 is 9.32 Å². The molecule has 18 heavy (non-hydrogen) atoms. The molecule has 5 heteroatoms. The minimum Gasteiger partial charge on any atom is -0.449 e. The molecular formula is C13H20N2O2S. The second kappa shape index (κ2) is 6.27. The smallest absolute Gasteiger partial charge is 0.226 e. The van der Waals surface area contributed by atoms with Crippen molar-refractivity contribution in [2.45, 2.75) is 25.7 Å². The second-order valence-electron chi connectivity index (χ2n) is 4.83. The van der Waals surface area contributed by atoms with Gasteiger partial charge in [-0.25, -0.2) is 4.98 Å². The van der Waals surface area contributed by atoms with Gasteiger partial charge in [0.1, 0.15) is 6.26 Å². The van der Waals surface area contributed by atoms with E-state index in [-0.39, 0.29) is 11.8 Å². The van der Waals surface area contributed by atoms with Crippen LogP contribution in [-0.2, 0) is 4.79 Å². The molecule has 0 spiro atoms.